The molecule has 3 rings (SSSR count). The van der Waals surface area contributed by atoms with Crippen molar-refractivity contribution in [1.82, 2.24) is 15.2 Å². The zero-order valence-electron chi connectivity index (χ0n) is 18.5. The Balaban J connectivity index is 1.63. The number of methoxy groups -OCH3 is 1. The predicted molar refractivity (Wildman–Crippen MR) is 126 cm³/mol. The van der Waals surface area contributed by atoms with E-state index in [4.69, 9.17) is 16.3 Å². The van der Waals surface area contributed by atoms with Crippen LogP contribution in [0.2, 0.25) is 5.02 Å². The molecule has 0 bridgehead atoms. The molecule has 0 fully saturated rings. The zero-order chi connectivity index (χ0) is 24.8. The lowest BCUT2D eigenvalue weighted by atomic mass is 10.1. The van der Waals surface area contributed by atoms with Crippen molar-refractivity contribution in [1.29, 1.82) is 0 Å². The van der Waals surface area contributed by atoms with Crippen LogP contribution < -0.4 is 15.5 Å². The predicted octanol–water partition coefficient (Wildman–Crippen LogP) is 3.81. The number of halogens is 1. The lowest BCUT2D eigenvalue weighted by molar-refractivity contribution is -0.385. The topological polar surface area (TPSA) is 141 Å². The summed E-state index contributed by atoms with van der Waals surface area (Å²) in [5.41, 5.74) is 4.32. The molecule has 0 saturated carbocycles. The van der Waals surface area contributed by atoms with Gasteiger partial charge in [0.2, 0.25) is 0 Å². The highest BCUT2D eigenvalue weighted by Gasteiger charge is 2.25. The largest absolute Gasteiger partial charge is 0.475 e. The second-order valence-corrected chi connectivity index (χ2v) is 7.59. The summed E-state index contributed by atoms with van der Waals surface area (Å²) in [6.45, 7) is 3.22. The highest BCUT2D eigenvalue weighted by atomic mass is 35.5. The number of aromatic nitrogens is 2. The van der Waals surface area contributed by atoms with Crippen LogP contribution in [0.25, 0.3) is 0 Å². The molecule has 12 heteroatoms. The Bertz CT molecular complexity index is 1250. The number of nitrogens with one attached hydrogen (secondary N) is 2. The number of ether oxygens (including phenoxy) is 1. The van der Waals surface area contributed by atoms with Crippen molar-refractivity contribution in [3.05, 3.63) is 81.0 Å². The molecule has 1 heterocycles. The molecule has 1 atom stereocenters. The minimum absolute atomic E-state index is 0.188. The smallest absolute Gasteiger partial charge is 0.350 e. The fourth-order valence-corrected chi connectivity index (χ4v) is 3.07. The van der Waals surface area contributed by atoms with E-state index < -0.39 is 16.9 Å². The zero-order valence-corrected chi connectivity index (χ0v) is 19.2. The van der Waals surface area contributed by atoms with E-state index >= 15 is 0 Å². The van der Waals surface area contributed by atoms with Crippen molar-refractivity contribution in [2.45, 2.75) is 19.9 Å². The molecule has 0 aliphatic rings. The SMILES string of the molecule is COc1nn(C(C)C(=O)N/N=C(/C)c2ccc(NC(=O)c3cccc(Cl)c3)cc2)cc1[N+](=O)[O-]. The summed E-state index contributed by atoms with van der Waals surface area (Å²) in [7, 11) is 1.26. The first-order valence-electron chi connectivity index (χ1n) is 9.98. The number of amides is 2. The van der Waals surface area contributed by atoms with Gasteiger partial charge in [0.25, 0.3) is 11.8 Å². The Hall–Kier alpha value is -4.25. The van der Waals surface area contributed by atoms with Crippen LogP contribution in [0.3, 0.4) is 0 Å². The summed E-state index contributed by atoms with van der Waals surface area (Å²) < 4.78 is 6.01. The Morgan fingerprint density at radius 2 is 1.91 bits per heavy atom. The van der Waals surface area contributed by atoms with Crippen LogP contribution in [0.4, 0.5) is 11.4 Å². The van der Waals surface area contributed by atoms with Crippen LogP contribution in [-0.2, 0) is 4.79 Å². The van der Waals surface area contributed by atoms with E-state index in [1.807, 2.05) is 0 Å². The third-order valence-corrected chi connectivity index (χ3v) is 5.06. The molecule has 176 valence electrons. The van der Waals surface area contributed by atoms with Gasteiger partial charge in [0, 0.05) is 16.3 Å². The van der Waals surface area contributed by atoms with E-state index in [1.165, 1.54) is 14.0 Å². The van der Waals surface area contributed by atoms with E-state index in [9.17, 15) is 19.7 Å². The van der Waals surface area contributed by atoms with Crippen molar-refractivity contribution in [2.75, 3.05) is 12.4 Å². The second kappa shape index (κ2) is 10.6. The van der Waals surface area contributed by atoms with Gasteiger partial charge in [0.1, 0.15) is 12.2 Å². The molecule has 2 aromatic carbocycles. The fourth-order valence-electron chi connectivity index (χ4n) is 2.88. The highest BCUT2D eigenvalue weighted by Crippen LogP contribution is 2.26. The second-order valence-electron chi connectivity index (χ2n) is 7.15. The van der Waals surface area contributed by atoms with Crippen molar-refractivity contribution in [3.63, 3.8) is 0 Å². The Morgan fingerprint density at radius 3 is 2.50 bits per heavy atom. The number of benzene rings is 2. The molecule has 0 spiro atoms. The van der Waals surface area contributed by atoms with Gasteiger partial charge in [-0.15, -0.1) is 5.10 Å². The number of carbonyl (C=O) groups excluding carboxylic acids is 2. The average molecular weight is 485 g/mol. The molecule has 2 N–H and O–H groups in total. The average Bonchev–Trinajstić information content (AvgIpc) is 3.27. The van der Waals surface area contributed by atoms with Gasteiger partial charge in [0.05, 0.1) is 17.7 Å². The molecule has 1 aromatic heterocycles. The van der Waals surface area contributed by atoms with Crippen LogP contribution in [0.1, 0.15) is 35.8 Å². The minimum atomic E-state index is -0.872. The Labute approximate surface area is 199 Å². The number of hydrogen-bond acceptors (Lipinski definition) is 7. The third-order valence-electron chi connectivity index (χ3n) is 4.83. The summed E-state index contributed by atoms with van der Waals surface area (Å²) in [6, 6.07) is 12.6. The Kier molecular flexibility index (Phi) is 7.59. The van der Waals surface area contributed by atoms with Gasteiger partial charge in [-0.1, -0.05) is 29.8 Å². The Morgan fingerprint density at radius 1 is 1.21 bits per heavy atom. The van der Waals surface area contributed by atoms with Gasteiger partial charge in [-0.2, -0.15) is 5.10 Å². The number of anilines is 1. The number of hydrogen-bond donors (Lipinski definition) is 2. The molecular formula is C22H21ClN6O5. The number of hydrazone groups is 1. The third kappa shape index (κ3) is 5.75. The first-order valence-corrected chi connectivity index (χ1v) is 10.4. The molecule has 34 heavy (non-hydrogen) atoms. The number of rotatable bonds is 8. The lowest BCUT2D eigenvalue weighted by Gasteiger charge is -2.10. The van der Waals surface area contributed by atoms with E-state index in [0.717, 1.165) is 10.9 Å². The first-order chi connectivity index (χ1) is 16.2. The van der Waals surface area contributed by atoms with Gasteiger partial charge < -0.3 is 10.1 Å². The summed E-state index contributed by atoms with van der Waals surface area (Å²) in [5, 5.41) is 22.3. The summed E-state index contributed by atoms with van der Waals surface area (Å²) >= 11 is 5.92. The minimum Gasteiger partial charge on any atom is -0.475 e. The van der Waals surface area contributed by atoms with E-state index in [2.05, 4.69) is 20.9 Å². The first kappa shape index (κ1) is 24.4. The molecule has 3 aromatic rings. The number of carbonyl (C=O) groups is 2. The molecule has 11 nitrogen and oxygen atoms in total. The van der Waals surface area contributed by atoms with Crippen LogP contribution in [0.5, 0.6) is 5.88 Å². The maximum atomic E-state index is 12.4. The van der Waals surface area contributed by atoms with Crippen molar-refractivity contribution < 1.29 is 19.2 Å². The lowest BCUT2D eigenvalue weighted by Crippen LogP contribution is -2.28. The molecular weight excluding hydrogens is 464 g/mol. The summed E-state index contributed by atoms with van der Waals surface area (Å²) in [6.07, 6.45) is 1.12. The van der Waals surface area contributed by atoms with Crippen LogP contribution in [0.15, 0.2) is 59.8 Å². The van der Waals surface area contributed by atoms with Crippen molar-refractivity contribution in [3.8, 4) is 5.88 Å². The normalized spacial score (nSPS) is 12.1. The van der Waals surface area contributed by atoms with Gasteiger partial charge in [-0.25, -0.2) is 10.1 Å². The van der Waals surface area contributed by atoms with Crippen LogP contribution in [-0.4, -0.2) is 39.3 Å². The van der Waals surface area contributed by atoms with Crippen molar-refractivity contribution >= 4 is 40.5 Å². The van der Waals surface area contributed by atoms with Gasteiger partial charge in [-0.05, 0) is 49.7 Å². The molecule has 0 radical (unpaired) electrons. The van der Waals surface area contributed by atoms with Crippen LogP contribution in [0, 0.1) is 10.1 Å². The quantitative estimate of drug-likeness (QED) is 0.283. The van der Waals surface area contributed by atoms with E-state index in [-0.39, 0.29) is 17.5 Å². The fraction of sp³-hybridized carbons (Fsp3) is 0.182. The molecule has 0 aliphatic carbocycles. The molecule has 0 saturated heterocycles. The van der Waals surface area contributed by atoms with E-state index in [1.54, 1.807) is 55.5 Å². The van der Waals surface area contributed by atoms with Crippen molar-refractivity contribution in [2.24, 2.45) is 5.10 Å². The maximum absolute atomic E-state index is 12.4. The number of nitrogens with zero attached hydrogens (tertiary/aromatic N) is 4. The van der Waals surface area contributed by atoms with Gasteiger partial charge >= 0.3 is 11.6 Å². The van der Waals surface area contributed by atoms with Gasteiger partial charge in [0.15, 0.2) is 0 Å². The molecule has 1 unspecified atom stereocenters. The highest BCUT2D eigenvalue weighted by molar-refractivity contribution is 6.31. The summed E-state index contributed by atoms with van der Waals surface area (Å²) in [4.78, 5) is 35.2. The van der Waals surface area contributed by atoms with Gasteiger partial charge in [-0.3, -0.25) is 19.7 Å². The molecule has 0 aliphatic heterocycles. The monoisotopic (exact) mass is 484 g/mol. The van der Waals surface area contributed by atoms with Crippen LogP contribution >= 0.6 is 11.6 Å². The maximum Gasteiger partial charge on any atom is 0.350 e. The standard InChI is InChI=1S/C22H21ClN6O5/c1-13(25-26-20(30)14(2)28-12-19(29(32)33)22(27-28)34-3)15-7-9-18(10-8-15)24-21(31)16-5-4-6-17(23)11-16/h4-12,14H,1-3H3,(H,24,31)(H,26,30)/b25-13-. The van der Waals surface area contributed by atoms with E-state index in [0.29, 0.717) is 27.5 Å². The molecule has 2 amide bonds. The number of nitro groups is 1. The summed E-state index contributed by atoms with van der Waals surface area (Å²) in [5.74, 6) is -1.01.